The predicted molar refractivity (Wildman–Crippen MR) is 70.1 cm³/mol. The summed E-state index contributed by atoms with van der Waals surface area (Å²) >= 11 is 5.02. The van der Waals surface area contributed by atoms with Gasteiger partial charge in [0, 0.05) is 23.9 Å². The lowest BCUT2D eigenvalue weighted by atomic mass is 10.1. The predicted octanol–water partition coefficient (Wildman–Crippen LogP) is 2.15. The average molecular weight is 236 g/mol. The Morgan fingerprint density at radius 1 is 1.56 bits per heavy atom. The molecule has 0 unspecified atom stereocenters. The minimum atomic E-state index is 0.418. The summed E-state index contributed by atoms with van der Waals surface area (Å²) in [6, 6.07) is 5.71. The van der Waals surface area contributed by atoms with Crippen molar-refractivity contribution in [2.24, 2.45) is 11.7 Å². The van der Waals surface area contributed by atoms with Gasteiger partial charge in [-0.2, -0.15) is 0 Å². The highest BCUT2D eigenvalue weighted by Gasteiger charge is 2.21. The molecule has 3 N–H and O–H groups in total. The lowest BCUT2D eigenvalue weighted by Crippen LogP contribution is -2.14. The zero-order valence-electron chi connectivity index (χ0n) is 9.32. The first-order chi connectivity index (χ1) is 7.70. The maximum absolute atomic E-state index is 5.68. The lowest BCUT2D eigenvalue weighted by molar-refractivity contribution is 0.415. The van der Waals surface area contributed by atoms with Gasteiger partial charge in [-0.25, -0.2) is 0 Å². The van der Waals surface area contributed by atoms with Crippen molar-refractivity contribution in [2.45, 2.75) is 12.8 Å². The molecule has 1 aromatic carbocycles. The van der Waals surface area contributed by atoms with Gasteiger partial charge in [0.15, 0.2) is 0 Å². The molecule has 0 aromatic heterocycles. The molecule has 16 heavy (non-hydrogen) atoms. The second-order valence-corrected chi connectivity index (χ2v) is 4.54. The molecule has 1 aromatic rings. The monoisotopic (exact) mass is 236 g/mol. The van der Waals surface area contributed by atoms with Crippen LogP contribution in [-0.4, -0.2) is 18.6 Å². The Balaban J connectivity index is 2.18. The molecule has 0 saturated heterocycles. The van der Waals surface area contributed by atoms with Crippen LogP contribution < -0.4 is 15.8 Å². The first kappa shape index (κ1) is 11.2. The number of hydrogen-bond donors (Lipinski definition) is 2. The molecule has 0 atom stereocenters. The molecule has 0 amide bonds. The molecule has 0 bridgehead atoms. The third-order valence-electron chi connectivity index (χ3n) is 2.77. The molecular weight excluding hydrogens is 220 g/mol. The van der Waals surface area contributed by atoms with Gasteiger partial charge in [-0.3, -0.25) is 0 Å². The first-order valence-electron chi connectivity index (χ1n) is 5.42. The number of ether oxygens (including phenoxy) is 1. The summed E-state index contributed by atoms with van der Waals surface area (Å²) in [5, 5.41) is 3.38. The van der Waals surface area contributed by atoms with Gasteiger partial charge in [-0.05, 0) is 30.9 Å². The van der Waals surface area contributed by atoms with E-state index in [2.05, 4.69) is 5.32 Å². The molecule has 2 rings (SSSR count). The Hall–Kier alpha value is -1.29. The summed E-state index contributed by atoms with van der Waals surface area (Å²) in [6.45, 7) is 0.989. The van der Waals surface area contributed by atoms with E-state index in [1.54, 1.807) is 7.11 Å². The second kappa shape index (κ2) is 4.70. The van der Waals surface area contributed by atoms with Crippen LogP contribution in [0.1, 0.15) is 18.4 Å². The Morgan fingerprint density at radius 3 is 2.88 bits per heavy atom. The molecule has 1 aliphatic carbocycles. The average Bonchev–Trinajstić information content (AvgIpc) is 3.09. The molecular formula is C12H16N2OS. The fourth-order valence-electron chi connectivity index (χ4n) is 1.59. The molecule has 1 fully saturated rings. The largest absolute Gasteiger partial charge is 0.497 e. The van der Waals surface area contributed by atoms with E-state index in [0.29, 0.717) is 4.99 Å². The Bertz CT molecular complexity index is 402. The smallest absolute Gasteiger partial charge is 0.120 e. The second-order valence-electron chi connectivity index (χ2n) is 4.10. The molecule has 3 nitrogen and oxygen atoms in total. The third-order valence-corrected chi connectivity index (χ3v) is 2.99. The number of rotatable bonds is 5. The number of thiocarbonyl (C=S) groups is 1. The van der Waals surface area contributed by atoms with E-state index in [-0.39, 0.29) is 0 Å². The molecule has 1 aliphatic rings. The number of hydrogen-bond acceptors (Lipinski definition) is 3. The summed E-state index contributed by atoms with van der Waals surface area (Å²) in [5.41, 5.74) is 7.54. The van der Waals surface area contributed by atoms with Crippen LogP contribution in [0.4, 0.5) is 5.69 Å². The van der Waals surface area contributed by atoms with Gasteiger partial charge in [0.05, 0.1) is 7.11 Å². The molecule has 0 aliphatic heterocycles. The standard InChI is InChI=1S/C12H16N2OS/c1-15-9-4-5-10(12(13)16)11(6-9)14-7-8-2-3-8/h4-6,8,14H,2-3,7H2,1H3,(H2,13,16). The van der Waals surface area contributed by atoms with Crippen molar-refractivity contribution in [2.75, 3.05) is 19.0 Å². The van der Waals surface area contributed by atoms with E-state index < -0.39 is 0 Å². The van der Waals surface area contributed by atoms with Crippen LogP contribution in [-0.2, 0) is 0 Å². The van der Waals surface area contributed by atoms with Gasteiger partial charge in [-0.1, -0.05) is 12.2 Å². The van der Waals surface area contributed by atoms with Crippen LogP contribution in [0.2, 0.25) is 0 Å². The fraction of sp³-hybridized carbons (Fsp3) is 0.417. The minimum absolute atomic E-state index is 0.418. The zero-order chi connectivity index (χ0) is 11.5. The number of benzene rings is 1. The van der Waals surface area contributed by atoms with Crippen molar-refractivity contribution < 1.29 is 4.74 Å². The fourth-order valence-corrected chi connectivity index (χ4v) is 1.77. The summed E-state index contributed by atoms with van der Waals surface area (Å²) in [7, 11) is 1.65. The van der Waals surface area contributed by atoms with Gasteiger partial charge in [0.2, 0.25) is 0 Å². The van der Waals surface area contributed by atoms with E-state index in [1.807, 2.05) is 18.2 Å². The number of methoxy groups -OCH3 is 1. The number of nitrogens with one attached hydrogen (secondary N) is 1. The first-order valence-corrected chi connectivity index (χ1v) is 5.83. The van der Waals surface area contributed by atoms with Crippen LogP contribution >= 0.6 is 12.2 Å². The molecule has 0 radical (unpaired) electrons. The summed E-state index contributed by atoms with van der Waals surface area (Å²) in [4.78, 5) is 0.418. The lowest BCUT2D eigenvalue weighted by Gasteiger charge is -2.12. The van der Waals surface area contributed by atoms with Crippen molar-refractivity contribution in [1.29, 1.82) is 0 Å². The summed E-state index contributed by atoms with van der Waals surface area (Å²) < 4.78 is 5.19. The zero-order valence-corrected chi connectivity index (χ0v) is 10.1. The van der Waals surface area contributed by atoms with Crippen LogP contribution in [0.3, 0.4) is 0 Å². The molecule has 4 heteroatoms. The highest BCUT2D eigenvalue weighted by atomic mass is 32.1. The highest BCUT2D eigenvalue weighted by Crippen LogP contribution is 2.30. The maximum atomic E-state index is 5.68. The number of nitrogens with two attached hydrogens (primary N) is 1. The summed E-state index contributed by atoms with van der Waals surface area (Å²) in [5.74, 6) is 1.63. The highest BCUT2D eigenvalue weighted by molar-refractivity contribution is 7.80. The topological polar surface area (TPSA) is 47.3 Å². The van der Waals surface area contributed by atoms with Crippen LogP contribution in [0.5, 0.6) is 5.75 Å². The molecule has 1 saturated carbocycles. The van der Waals surface area contributed by atoms with E-state index in [0.717, 1.165) is 29.5 Å². The third kappa shape index (κ3) is 2.64. The molecule has 86 valence electrons. The minimum Gasteiger partial charge on any atom is -0.497 e. The van der Waals surface area contributed by atoms with E-state index >= 15 is 0 Å². The van der Waals surface area contributed by atoms with E-state index in [9.17, 15) is 0 Å². The van der Waals surface area contributed by atoms with Gasteiger partial charge < -0.3 is 15.8 Å². The Kier molecular flexibility index (Phi) is 3.29. The van der Waals surface area contributed by atoms with Crippen LogP contribution in [0.15, 0.2) is 18.2 Å². The van der Waals surface area contributed by atoms with Crippen LogP contribution in [0.25, 0.3) is 0 Å². The van der Waals surface area contributed by atoms with Crippen LogP contribution in [0, 0.1) is 5.92 Å². The van der Waals surface area contributed by atoms with Gasteiger partial charge in [-0.15, -0.1) is 0 Å². The van der Waals surface area contributed by atoms with Crippen molar-refractivity contribution in [3.05, 3.63) is 23.8 Å². The SMILES string of the molecule is COc1ccc(C(N)=S)c(NCC2CC2)c1. The normalized spacial score (nSPS) is 14.6. The molecule has 0 heterocycles. The van der Waals surface area contributed by atoms with Gasteiger partial charge in [0.25, 0.3) is 0 Å². The Labute approximate surface area is 101 Å². The Morgan fingerprint density at radius 2 is 2.31 bits per heavy atom. The van der Waals surface area contributed by atoms with Crippen molar-refractivity contribution >= 4 is 22.9 Å². The van der Waals surface area contributed by atoms with Crippen molar-refractivity contribution in [3.8, 4) is 5.75 Å². The van der Waals surface area contributed by atoms with E-state index in [1.165, 1.54) is 12.8 Å². The number of anilines is 1. The quantitative estimate of drug-likeness (QED) is 0.769. The van der Waals surface area contributed by atoms with Gasteiger partial charge in [0.1, 0.15) is 10.7 Å². The molecule has 0 spiro atoms. The van der Waals surface area contributed by atoms with E-state index in [4.69, 9.17) is 22.7 Å². The summed E-state index contributed by atoms with van der Waals surface area (Å²) in [6.07, 6.45) is 2.64. The maximum Gasteiger partial charge on any atom is 0.120 e. The van der Waals surface area contributed by atoms with Crippen molar-refractivity contribution in [3.63, 3.8) is 0 Å². The van der Waals surface area contributed by atoms with Crippen molar-refractivity contribution in [1.82, 2.24) is 0 Å². The van der Waals surface area contributed by atoms with Gasteiger partial charge >= 0.3 is 0 Å².